The Bertz CT molecular complexity index is 1460. The molecule has 1 aliphatic heterocycles. The van der Waals surface area contributed by atoms with Crippen LogP contribution in [0.25, 0.3) is 5.82 Å². The van der Waals surface area contributed by atoms with E-state index in [4.69, 9.17) is 4.74 Å². The van der Waals surface area contributed by atoms with Gasteiger partial charge in [-0.05, 0) is 63.2 Å². The quantitative estimate of drug-likeness (QED) is 0.416. The number of fused-ring (bicyclic) bond motifs is 1. The summed E-state index contributed by atoms with van der Waals surface area (Å²) in [4.78, 5) is 47.5. The van der Waals surface area contributed by atoms with Crippen molar-refractivity contribution in [3.05, 3.63) is 89.5 Å². The zero-order valence-electron chi connectivity index (χ0n) is 19.8. The fraction of sp³-hybridized carbons (Fsp3) is 0.154. The summed E-state index contributed by atoms with van der Waals surface area (Å²) < 4.78 is 7.54. The van der Waals surface area contributed by atoms with Crippen molar-refractivity contribution < 1.29 is 19.1 Å². The molecule has 180 valence electrons. The van der Waals surface area contributed by atoms with Crippen LogP contribution in [0.5, 0.6) is 11.6 Å². The second-order valence-electron chi connectivity index (χ2n) is 8.37. The summed E-state index contributed by atoms with van der Waals surface area (Å²) >= 11 is 0. The lowest BCUT2D eigenvalue weighted by Crippen LogP contribution is -2.45. The molecule has 0 saturated heterocycles. The molecule has 1 N–H and O–H groups in total. The van der Waals surface area contributed by atoms with Crippen LogP contribution in [0.4, 0.5) is 5.69 Å². The van der Waals surface area contributed by atoms with Gasteiger partial charge in [0.15, 0.2) is 5.82 Å². The summed E-state index contributed by atoms with van der Waals surface area (Å²) in [6, 6.07) is 15.8. The number of nitrogens with one attached hydrogen (secondary N) is 1. The van der Waals surface area contributed by atoms with Crippen LogP contribution in [-0.2, 0) is 4.79 Å². The number of rotatable bonds is 6. The van der Waals surface area contributed by atoms with Gasteiger partial charge in [-0.25, -0.2) is 14.6 Å². The summed E-state index contributed by atoms with van der Waals surface area (Å²) in [6.07, 6.45) is 1.40. The van der Waals surface area contributed by atoms with Gasteiger partial charge in [0.2, 0.25) is 11.8 Å². The smallest absolute Gasteiger partial charge is 0.262 e. The minimum absolute atomic E-state index is 0.300. The van der Waals surface area contributed by atoms with Gasteiger partial charge in [0.1, 0.15) is 18.1 Å². The first-order chi connectivity index (χ1) is 17.3. The lowest BCUT2D eigenvalue weighted by molar-refractivity contribution is -0.119. The molecular formula is C26H22N6O4. The molecule has 3 amide bonds. The molecule has 2 aromatic heterocycles. The highest BCUT2D eigenvalue weighted by molar-refractivity contribution is 6.23. The van der Waals surface area contributed by atoms with E-state index in [1.54, 1.807) is 59.3 Å². The highest BCUT2D eigenvalue weighted by Gasteiger charge is 2.40. The average Bonchev–Trinajstić information content (AvgIpc) is 3.35. The average molecular weight is 483 g/mol. The maximum Gasteiger partial charge on any atom is 0.262 e. The monoisotopic (exact) mass is 482 g/mol. The lowest BCUT2D eigenvalue weighted by atomic mass is 10.1. The Morgan fingerprint density at radius 2 is 1.61 bits per heavy atom. The molecule has 1 unspecified atom stereocenters. The van der Waals surface area contributed by atoms with Crippen molar-refractivity contribution in [2.75, 3.05) is 5.32 Å². The molecule has 0 fully saturated rings. The Labute approximate surface area is 206 Å². The topological polar surface area (TPSA) is 119 Å². The van der Waals surface area contributed by atoms with Gasteiger partial charge in [0.05, 0.1) is 16.8 Å². The molecule has 0 radical (unpaired) electrons. The predicted molar refractivity (Wildman–Crippen MR) is 130 cm³/mol. The minimum Gasteiger partial charge on any atom is -0.439 e. The Kier molecular flexibility index (Phi) is 5.77. The number of benzene rings is 2. The van der Waals surface area contributed by atoms with E-state index in [0.717, 1.165) is 16.3 Å². The fourth-order valence-electron chi connectivity index (χ4n) is 4.01. The number of imide groups is 1. The number of aryl methyl sites for hydroxylation is 2. The molecule has 0 saturated carbocycles. The van der Waals surface area contributed by atoms with Gasteiger partial charge < -0.3 is 10.1 Å². The lowest BCUT2D eigenvalue weighted by Gasteiger charge is -2.21. The van der Waals surface area contributed by atoms with E-state index >= 15 is 0 Å². The van der Waals surface area contributed by atoms with E-state index in [1.807, 2.05) is 19.9 Å². The summed E-state index contributed by atoms with van der Waals surface area (Å²) in [5.74, 6) is -0.0264. The minimum atomic E-state index is -0.984. The molecular weight excluding hydrogens is 460 g/mol. The van der Waals surface area contributed by atoms with Crippen molar-refractivity contribution in [3.8, 4) is 17.4 Å². The molecule has 1 atom stereocenters. The maximum atomic E-state index is 12.8. The molecule has 36 heavy (non-hydrogen) atoms. The second kappa shape index (κ2) is 9.06. The van der Waals surface area contributed by atoms with Crippen LogP contribution in [0.2, 0.25) is 0 Å². The largest absolute Gasteiger partial charge is 0.439 e. The zero-order chi connectivity index (χ0) is 25.4. The van der Waals surface area contributed by atoms with Crippen molar-refractivity contribution in [1.82, 2.24) is 24.6 Å². The number of carbonyl (C=O) groups excluding carboxylic acids is 3. The van der Waals surface area contributed by atoms with Crippen LogP contribution in [0, 0.1) is 13.8 Å². The molecule has 10 heteroatoms. The molecule has 0 spiro atoms. The third-order valence-electron chi connectivity index (χ3n) is 5.79. The molecule has 3 heterocycles. The summed E-state index contributed by atoms with van der Waals surface area (Å²) in [7, 11) is 0. The van der Waals surface area contributed by atoms with E-state index < -0.39 is 23.8 Å². The molecule has 2 aromatic carbocycles. The molecule has 0 bridgehead atoms. The normalized spacial score (nSPS) is 13.5. The van der Waals surface area contributed by atoms with Crippen molar-refractivity contribution >= 4 is 23.4 Å². The van der Waals surface area contributed by atoms with Crippen molar-refractivity contribution in [3.63, 3.8) is 0 Å². The number of anilines is 1. The van der Waals surface area contributed by atoms with E-state index in [9.17, 15) is 14.4 Å². The van der Waals surface area contributed by atoms with Crippen molar-refractivity contribution in [2.24, 2.45) is 0 Å². The summed E-state index contributed by atoms with van der Waals surface area (Å²) in [5, 5.41) is 7.16. The fourth-order valence-corrected chi connectivity index (χ4v) is 4.01. The van der Waals surface area contributed by atoms with Crippen molar-refractivity contribution in [2.45, 2.75) is 26.8 Å². The van der Waals surface area contributed by atoms with Gasteiger partial charge in [-0.2, -0.15) is 5.10 Å². The standard InChI is InChI=1S/C26H22N6O4/c1-15-12-16(2)32(30-15)22-13-23(28-14-27-22)36-19-10-8-18(9-11-19)29-24(33)17(3)31-25(34)20-6-4-5-7-21(20)26(31)35/h4-14,17H,1-3H3,(H,29,33). The van der Waals surface area contributed by atoms with Crippen LogP contribution < -0.4 is 10.1 Å². The Hall–Kier alpha value is -4.86. The number of amides is 3. The number of aromatic nitrogens is 4. The van der Waals surface area contributed by atoms with E-state index in [1.165, 1.54) is 13.3 Å². The molecule has 5 rings (SSSR count). The molecule has 0 aliphatic carbocycles. The van der Waals surface area contributed by atoms with Crippen LogP contribution in [0.15, 0.2) is 67.0 Å². The SMILES string of the molecule is Cc1cc(C)n(-c2cc(Oc3ccc(NC(=O)C(C)N4C(=O)c5ccccc5C4=O)cc3)ncn2)n1. The number of hydrogen-bond donors (Lipinski definition) is 1. The third kappa shape index (κ3) is 4.20. The first kappa shape index (κ1) is 22.9. The maximum absolute atomic E-state index is 12.8. The molecule has 1 aliphatic rings. The number of hydrogen-bond acceptors (Lipinski definition) is 7. The van der Waals surface area contributed by atoms with Crippen LogP contribution in [0.1, 0.15) is 39.0 Å². The van der Waals surface area contributed by atoms with E-state index in [0.29, 0.717) is 34.3 Å². The first-order valence-corrected chi connectivity index (χ1v) is 11.2. The van der Waals surface area contributed by atoms with Gasteiger partial charge in [0, 0.05) is 17.4 Å². The Morgan fingerprint density at radius 3 is 2.22 bits per heavy atom. The van der Waals surface area contributed by atoms with Crippen LogP contribution in [0.3, 0.4) is 0 Å². The first-order valence-electron chi connectivity index (χ1n) is 11.2. The van der Waals surface area contributed by atoms with Gasteiger partial charge >= 0.3 is 0 Å². The van der Waals surface area contributed by atoms with E-state index in [-0.39, 0.29) is 0 Å². The Morgan fingerprint density at radius 1 is 0.944 bits per heavy atom. The summed E-state index contributed by atoms with van der Waals surface area (Å²) in [6.45, 7) is 5.36. The number of carbonyl (C=O) groups is 3. The number of nitrogens with zero attached hydrogens (tertiary/aromatic N) is 5. The molecule has 10 nitrogen and oxygen atoms in total. The predicted octanol–water partition coefficient (Wildman–Crippen LogP) is 3.69. The highest BCUT2D eigenvalue weighted by atomic mass is 16.5. The van der Waals surface area contributed by atoms with Gasteiger partial charge in [-0.1, -0.05) is 12.1 Å². The second-order valence-corrected chi connectivity index (χ2v) is 8.37. The van der Waals surface area contributed by atoms with Gasteiger partial charge in [-0.3, -0.25) is 19.3 Å². The van der Waals surface area contributed by atoms with Crippen molar-refractivity contribution in [1.29, 1.82) is 0 Å². The summed E-state index contributed by atoms with van der Waals surface area (Å²) in [5.41, 5.74) is 2.90. The molecule has 4 aromatic rings. The van der Waals surface area contributed by atoms with Gasteiger partial charge in [0.25, 0.3) is 11.8 Å². The van der Waals surface area contributed by atoms with Crippen LogP contribution >= 0.6 is 0 Å². The van der Waals surface area contributed by atoms with Gasteiger partial charge in [-0.15, -0.1) is 0 Å². The van der Waals surface area contributed by atoms with Crippen LogP contribution in [-0.4, -0.2) is 48.4 Å². The van der Waals surface area contributed by atoms with E-state index in [2.05, 4.69) is 20.4 Å². The third-order valence-corrected chi connectivity index (χ3v) is 5.79. The Balaban J connectivity index is 1.25. The number of ether oxygens (including phenoxy) is 1. The zero-order valence-corrected chi connectivity index (χ0v) is 19.8. The highest BCUT2D eigenvalue weighted by Crippen LogP contribution is 2.26.